The Labute approximate surface area is 162 Å². The number of amides is 1. The fraction of sp³-hybridized carbons (Fsp3) is 0.368. The lowest BCUT2D eigenvalue weighted by atomic mass is 10.1. The van der Waals surface area contributed by atoms with E-state index >= 15 is 0 Å². The number of rotatable bonds is 7. The van der Waals surface area contributed by atoms with E-state index in [0.29, 0.717) is 11.0 Å². The Morgan fingerprint density at radius 3 is 2.81 bits per heavy atom. The Bertz CT molecular complexity index is 947. The van der Waals surface area contributed by atoms with Gasteiger partial charge in [-0.1, -0.05) is 26.0 Å². The molecule has 2 aromatic heterocycles. The van der Waals surface area contributed by atoms with Gasteiger partial charge in [0.25, 0.3) is 0 Å². The number of benzene rings is 1. The predicted octanol–water partition coefficient (Wildman–Crippen LogP) is 3.25. The molecule has 0 unspecified atom stereocenters. The average Bonchev–Trinajstić information content (AvgIpc) is 3.25. The minimum Gasteiger partial charge on any atom is -0.497 e. The first kappa shape index (κ1) is 19.0. The number of hydrogen-bond donors (Lipinski definition) is 1. The molecule has 0 fully saturated rings. The van der Waals surface area contributed by atoms with Crippen LogP contribution in [0.3, 0.4) is 0 Å². The Morgan fingerprint density at radius 1 is 1.30 bits per heavy atom. The molecule has 27 heavy (non-hydrogen) atoms. The van der Waals surface area contributed by atoms with Gasteiger partial charge in [0.1, 0.15) is 5.75 Å². The number of carbonyl (C=O) groups is 1. The van der Waals surface area contributed by atoms with Gasteiger partial charge in [-0.3, -0.25) is 9.48 Å². The minimum absolute atomic E-state index is 0.110. The number of aromatic nitrogens is 4. The lowest BCUT2D eigenvalue weighted by molar-refractivity contribution is -0.115. The van der Waals surface area contributed by atoms with E-state index in [1.54, 1.807) is 7.11 Å². The fourth-order valence-electron chi connectivity index (χ4n) is 3.07. The lowest BCUT2D eigenvalue weighted by Gasteiger charge is -2.05. The summed E-state index contributed by atoms with van der Waals surface area (Å²) in [6.07, 6.45) is 1.93. The molecule has 142 valence electrons. The highest BCUT2D eigenvalue weighted by atomic mass is 32.1. The number of methoxy groups -OCH3 is 1. The molecular formula is C19H23N5O2S. The van der Waals surface area contributed by atoms with Crippen LogP contribution in [-0.2, 0) is 31.1 Å². The van der Waals surface area contributed by atoms with Crippen LogP contribution in [0.4, 0.5) is 5.13 Å². The molecule has 0 spiro atoms. The summed E-state index contributed by atoms with van der Waals surface area (Å²) in [6, 6.07) is 7.52. The predicted molar refractivity (Wildman–Crippen MR) is 106 cm³/mol. The van der Waals surface area contributed by atoms with E-state index in [-0.39, 0.29) is 12.3 Å². The second-order valence-electron chi connectivity index (χ2n) is 6.08. The molecule has 0 atom stereocenters. The summed E-state index contributed by atoms with van der Waals surface area (Å²) in [5.74, 6) is 1.20. The third-order valence-electron chi connectivity index (χ3n) is 4.37. The molecule has 3 rings (SSSR count). The molecule has 1 amide bonds. The monoisotopic (exact) mass is 385 g/mol. The maximum absolute atomic E-state index is 12.5. The molecule has 0 aliphatic rings. The van der Waals surface area contributed by atoms with Crippen LogP contribution in [-0.4, -0.2) is 32.2 Å². The molecule has 1 N–H and O–H groups in total. The molecule has 0 aliphatic heterocycles. The Kier molecular flexibility index (Phi) is 5.85. The van der Waals surface area contributed by atoms with E-state index in [4.69, 9.17) is 4.74 Å². The summed E-state index contributed by atoms with van der Waals surface area (Å²) in [7, 11) is 3.54. The van der Waals surface area contributed by atoms with Gasteiger partial charge < -0.3 is 10.1 Å². The number of anilines is 1. The van der Waals surface area contributed by atoms with Gasteiger partial charge in [-0.15, -0.1) is 0 Å². The average molecular weight is 385 g/mol. The van der Waals surface area contributed by atoms with Crippen molar-refractivity contribution in [1.29, 1.82) is 0 Å². The van der Waals surface area contributed by atoms with Crippen LogP contribution in [0.25, 0.3) is 11.4 Å². The van der Waals surface area contributed by atoms with Crippen molar-refractivity contribution >= 4 is 22.6 Å². The highest BCUT2D eigenvalue weighted by Crippen LogP contribution is 2.25. The topological polar surface area (TPSA) is 81.9 Å². The Hall–Kier alpha value is -2.74. The third-order valence-corrected chi connectivity index (χ3v) is 5.00. The number of ether oxygens (including phenoxy) is 1. The van der Waals surface area contributed by atoms with Crippen molar-refractivity contribution in [2.24, 2.45) is 7.05 Å². The van der Waals surface area contributed by atoms with E-state index in [9.17, 15) is 4.79 Å². The van der Waals surface area contributed by atoms with Crippen molar-refractivity contribution in [3.05, 3.63) is 41.2 Å². The zero-order valence-electron chi connectivity index (χ0n) is 15.9. The van der Waals surface area contributed by atoms with Crippen LogP contribution in [0.15, 0.2) is 24.3 Å². The van der Waals surface area contributed by atoms with Crippen molar-refractivity contribution in [3.63, 3.8) is 0 Å². The first-order valence-corrected chi connectivity index (χ1v) is 9.64. The van der Waals surface area contributed by atoms with Crippen LogP contribution < -0.4 is 10.1 Å². The molecule has 0 aliphatic carbocycles. The van der Waals surface area contributed by atoms with Crippen molar-refractivity contribution in [2.45, 2.75) is 33.1 Å². The van der Waals surface area contributed by atoms with Crippen LogP contribution in [0.5, 0.6) is 5.75 Å². The van der Waals surface area contributed by atoms with Gasteiger partial charge in [0.15, 0.2) is 5.82 Å². The number of nitrogens with one attached hydrogen (secondary N) is 1. The molecule has 8 heteroatoms. The van der Waals surface area contributed by atoms with E-state index in [2.05, 4.69) is 26.7 Å². The van der Waals surface area contributed by atoms with Gasteiger partial charge in [0.2, 0.25) is 11.0 Å². The zero-order chi connectivity index (χ0) is 19.4. The van der Waals surface area contributed by atoms with E-state index in [1.807, 2.05) is 42.9 Å². The van der Waals surface area contributed by atoms with Crippen molar-refractivity contribution in [2.75, 3.05) is 12.4 Å². The number of aryl methyl sites for hydroxylation is 2. The van der Waals surface area contributed by atoms with Crippen LogP contribution >= 0.6 is 11.5 Å². The van der Waals surface area contributed by atoms with E-state index in [0.717, 1.165) is 41.1 Å². The lowest BCUT2D eigenvalue weighted by Crippen LogP contribution is -2.16. The number of nitrogens with zero attached hydrogens (tertiary/aromatic N) is 4. The van der Waals surface area contributed by atoms with Gasteiger partial charge >= 0.3 is 0 Å². The summed E-state index contributed by atoms with van der Waals surface area (Å²) in [5.41, 5.74) is 3.92. The fourth-order valence-corrected chi connectivity index (χ4v) is 3.68. The summed E-state index contributed by atoms with van der Waals surface area (Å²) in [5, 5.41) is 7.86. The zero-order valence-corrected chi connectivity index (χ0v) is 16.8. The van der Waals surface area contributed by atoms with Crippen molar-refractivity contribution in [1.82, 2.24) is 19.1 Å². The summed E-state index contributed by atoms with van der Waals surface area (Å²) in [6.45, 7) is 4.12. The molecular weight excluding hydrogens is 362 g/mol. The number of hydrogen-bond acceptors (Lipinski definition) is 6. The van der Waals surface area contributed by atoms with Crippen molar-refractivity contribution in [3.8, 4) is 17.1 Å². The summed E-state index contributed by atoms with van der Waals surface area (Å²) >= 11 is 1.17. The molecule has 0 radical (unpaired) electrons. The third kappa shape index (κ3) is 4.16. The Balaban J connectivity index is 1.73. The van der Waals surface area contributed by atoms with E-state index in [1.165, 1.54) is 11.5 Å². The molecule has 0 saturated carbocycles. The molecule has 7 nitrogen and oxygen atoms in total. The normalized spacial score (nSPS) is 10.8. The van der Waals surface area contributed by atoms with Crippen LogP contribution in [0.1, 0.15) is 30.8 Å². The second kappa shape index (κ2) is 8.30. The first-order chi connectivity index (χ1) is 13.0. The molecule has 0 saturated heterocycles. The van der Waals surface area contributed by atoms with Gasteiger partial charge in [0.05, 0.1) is 19.2 Å². The smallest absolute Gasteiger partial charge is 0.230 e. The van der Waals surface area contributed by atoms with Gasteiger partial charge in [-0.05, 0) is 25.0 Å². The number of carbonyl (C=O) groups excluding carboxylic acids is 1. The maximum atomic E-state index is 12.5. The van der Waals surface area contributed by atoms with Gasteiger partial charge in [-0.25, -0.2) is 0 Å². The molecule has 3 aromatic rings. The van der Waals surface area contributed by atoms with Crippen LogP contribution in [0, 0.1) is 0 Å². The van der Waals surface area contributed by atoms with Gasteiger partial charge in [-0.2, -0.15) is 14.5 Å². The second-order valence-corrected chi connectivity index (χ2v) is 6.83. The van der Waals surface area contributed by atoms with Crippen molar-refractivity contribution < 1.29 is 9.53 Å². The first-order valence-electron chi connectivity index (χ1n) is 8.87. The van der Waals surface area contributed by atoms with Crippen LogP contribution in [0.2, 0.25) is 0 Å². The highest BCUT2D eigenvalue weighted by Gasteiger charge is 2.18. The largest absolute Gasteiger partial charge is 0.497 e. The Morgan fingerprint density at radius 2 is 2.11 bits per heavy atom. The maximum Gasteiger partial charge on any atom is 0.230 e. The molecule has 2 heterocycles. The summed E-state index contributed by atoms with van der Waals surface area (Å²) in [4.78, 5) is 17.0. The quantitative estimate of drug-likeness (QED) is 0.675. The molecule has 1 aromatic carbocycles. The highest BCUT2D eigenvalue weighted by molar-refractivity contribution is 7.10. The minimum atomic E-state index is -0.110. The standard InChI is InChI=1S/C19H23N5O2S/c1-5-15-14(16(6-2)24(3)22-15)11-17(25)20-19-21-18(23-27-19)12-8-7-9-13(10-12)26-4/h7-10H,5-6,11H2,1-4H3,(H,20,21,23,25). The molecule has 0 bridgehead atoms. The van der Waals surface area contributed by atoms with Gasteiger partial charge in [0, 0.05) is 35.4 Å². The van der Waals surface area contributed by atoms with E-state index < -0.39 is 0 Å². The summed E-state index contributed by atoms with van der Waals surface area (Å²) < 4.78 is 11.4. The SMILES string of the molecule is CCc1nn(C)c(CC)c1CC(=O)Nc1nc(-c2cccc(OC)c2)ns1.